The first-order valence-electron chi connectivity index (χ1n) is 7.84. The van der Waals surface area contributed by atoms with Crippen LogP contribution in [-0.4, -0.2) is 35.1 Å². The van der Waals surface area contributed by atoms with Gasteiger partial charge in [0.15, 0.2) is 0 Å². The molecule has 5 heteroatoms. The molecule has 1 saturated carbocycles. The van der Waals surface area contributed by atoms with Crippen LogP contribution in [0.15, 0.2) is 29.2 Å². The number of aromatic amines is 1. The average molecular weight is 321 g/mol. The predicted octanol–water partition coefficient (Wildman–Crippen LogP) is 3.43. The van der Waals surface area contributed by atoms with Gasteiger partial charge in [-0.1, -0.05) is 25.4 Å². The van der Waals surface area contributed by atoms with Crippen LogP contribution in [0.3, 0.4) is 0 Å². The Morgan fingerprint density at radius 1 is 1.32 bits per heavy atom. The van der Waals surface area contributed by atoms with Crippen molar-refractivity contribution in [2.45, 2.75) is 38.8 Å². The summed E-state index contributed by atoms with van der Waals surface area (Å²) >= 11 is 6.27. The molecule has 1 aliphatic rings. The molecular weight excluding hydrogens is 300 g/mol. The zero-order valence-corrected chi connectivity index (χ0v) is 13.7. The minimum absolute atomic E-state index is 0.129. The molecule has 3 rings (SSSR count). The van der Waals surface area contributed by atoms with Crippen molar-refractivity contribution in [2.75, 3.05) is 13.1 Å². The van der Waals surface area contributed by atoms with Gasteiger partial charge in [0.1, 0.15) is 11.9 Å². The number of benzene rings is 1. The monoisotopic (exact) mass is 320 g/mol. The van der Waals surface area contributed by atoms with Crippen LogP contribution >= 0.6 is 11.6 Å². The Kier molecular flexibility index (Phi) is 4.41. The van der Waals surface area contributed by atoms with Crippen molar-refractivity contribution >= 4 is 22.4 Å². The van der Waals surface area contributed by atoms with Gasteiger partial charge in [0.2, 0.25) is 0 Å². The first-order chi connectivity index (χ1) is 10.6. The molecule has 2 aromatic rings. The first kappa shape index (κ1) is 15.4. The van der Waals surface area contributed by atoms with Crippen LogP contribution in [0, 0.1) is 0 Å². The Labute approximate surface area is 135 Å². The lowest BCUT2D eigenvalue weighted by Crippen LogP contribution is -2.49. The van der Waals surface area contributed by atoms with E-state index in [1.165, 1.54) is 0 Å². The van der Waals surface area contributed by atoms with Crippen LogP contribution in [0.5, 0.6) is 5.75 Å². The van der Waals surface area contributed by atoms with E-state index >= 15 is 0 Å². The van der Waals surface area contributed by atoms with Crippen molar-refractivity contribution in [3.63, 3.8) is 0 Å². The summed E-state index contributed by atoms with van der Waals surface area (Å²) in [6.07, 6.45) is 3.92. The number of nitrogens with zero attached hydrogens (tertiary/aromatic N) is 1. The van der Waals surface area contributed by atoms with Crippen molar-refractivity contribution in [1.29, 1.82) is 0 Å². The minimum atomic E-state index is -0.129. The third kappa shape index (κ3) is 2.85. The number of hydrogen-bond donors (Lipinski definition) is 1. The fraction of sp³-hybridized carbons (Fsp3) is 0.471. The standard InChI is InChI=1S/C17H21ClN2O2/c1-3-20(4-2)12-8-13(9-12)22-16-7-11-5-6-19-17(21)14(11)10-15(16)18/h5-7,10,12-13H,3-4,8-9H2,1-2H3,(H,19,21). The summed E-state index contributed by atoms with van der Waals surface area (Å²) in [6.45, 7) is 6.53. The molecule has 1 N–H and O–H groups in total. The maximum absolute atomic E-state index is 11.8. The fourth-order valence-electron chi connectivity index (χ4n) is 3.13. The second kappa shape index (κ2) is 6.31. The van der Waals surface area contributed by atoms with Crippen LogP contribution in [-0.2, 0) is 0 Å². The molecule has 118 valence electrons. The Morgan fingerprint density at radius 3 is 2.73 bits per heavy atom. The molecule has 0 amide bonds. The van der Waals surface area contributed by atoms with Gasteiger partial charge in [0.25, 0.3) is 5.56 Å². The van der Waals surface area contributed by atoms with E-state index in [9.17, 15) is 4.79 Å². The Morgan fingerprint density at radius 2 is 2.05 bits per heavy atom. The molecule has 0 aliphatic heterocycles. The van der Waals surface area contributed by atoms with Gasteiger partial charge in [-0.15, -0.1) is 0 Å². The van der Waals surface area contributed by atoms with Crippen molar-refractivity contribution in [2.24, 2.45) is 0 Å². The van der Waals surface area contributed by atoms with Gasteiger partial charge in [-0.2, -0.15) is 0 Å². The lowest BCUT2D eigenvalue weighted by Gasteiger charge is -2.42. The highest BCUT2D eigenvalue weighted by molar-refractivity contribution is 6.32. The summed E-state index contributed by atoms with van der Waals surface area (Å²) in [4.78, 5) is 16.9. The van der Waals surface area contributed by atoms with E-state index in [4.69, 9.17) is 16.3 Å². The summed E-state index contributed by atoms with van der Waals surface area (Å²) in [6, 6.07) is 6.02. The summed E-state index contributed by atoms with van der Waals surface area (Å²) in [5.74, 6) is 0.669. The number of nitrogens with one attached hydrogen (secondary N) is 1. The van der Waals surface area contributed by atoms with Crippen LogP contribution in [0.25, 0.3) is 10.8 Å². The van der Waals surface area contributed by atoms with Gasteiger partial charge in [-0.3, -0.25) is 4.79 Å². The van der Waals surface area contributed by atoms with Crippen LogP contribution in [0.4, 0.5) is 0 Å². The maximum atomic E-state index is 11.8. The molecule has 1 fully saturated rings. The Hall–Kier alpha value is -1.52. The number of hydrogen-bond acceptors (Lipinski definition) is 3. The molecule has 0 spiro atoms. The van der Waals surface area contributed by atoms with E-state index in [0.717, 1.165) is 31.3 Å². The number of pyridine rings is 1. The van der Waals surface area contributed by atoms with Crippen molar-refractivity contribution in [1.82, 2.24) is 9.88 Å². The van der Waals surface area contributed by atoms with E-state index in [0.29, 0.717) is 22.2 Å². The third-order valence-electron chi connectivity index (χ3n) is 4.52. The SMILES string of the molecule is CCN(CC)C1CC(Oc2cc3cc[nH]c(=O)c3cc2Cl)C1. The number of ether oxygens (including phenoxy) is 1. The van der Waals surface area contributed by atoms with E-state index in [2.05, 4.69) is 23.7 Å². The first-order valence-corrected chi connectivity index (χ1v) is 8.21. The molecule has 0 radical (unpaired) electrons. The van der Waals surface area contributed by atoms with Gasteiger partial charge in [0.05, 0.1) is 5.02 Å². The molecule has 0 unspecified atom stereocenters. The van der Waals surface area contributed by atoms with Crippen LogP contribution in [0.2, 0.25) is 5.02 Å². The average Bonchev–Trinajstić information content (AvgIpc) is 2.47. The van der Waals surface area contributed by atoms with Crippen molar-refractivity contribution < 1.29 is 4.74 Å². The Bertz CT molecular complexity index is 718. The van der Waals surface area contributed by atoms with Gasteiger partial charge in [-0.05, 0) is 36.7 Å². The van der Waals surface area contributed by atoms with E-state index in [-0.39, 0.29) is 11.7 Å². The van der Waals surface area contributed by atoms with Crippen LogP contribution in [0.1, 0.15) is 26.7 Å². The summed E-state index contributed by atoms with van der Waals surface area (Å²) in [5.41, 5.74) is -0.129. The topological polar surface area (TPSA) is 45.3 Å². The largest absolute Gasteiger partial charge is 0.489 e. The molecule has 0 saturated heterocycles. The highest BCUT2D eigenvalue weighted by atomic mass is 35.5. The summed E-state index contributed by atoms with van der Waals surface area (Å²) < 4.78 is 6.03. The molecule has 1 aromatic carbocycles. The number of fused-ring (bicyclic) bond motifs is 1. The van der Waals surface area contributed by atoms with Gasteiger partial charge >= 0.3 is 0 Å². The lowest BCUT2D eigenvalue weighted by molar-refractivity contribution is 0.0221. The smallest absolute Gasteiger partial charge is 0.255 e. The van der Waals surface area contributed by atoms with Gasteiger partial charge in [-0.25, -0.2) is 0 Å². The molecule has 22 heavy (non-hydrogen) atoms. The molecule has 0 bridgehead atoms. The third-order valence-corrected chi connectivity index (χ3v) is 4.81. The zero-order valence-electron chi connectivity index (χ0n) is 12.9. The lowest BCUT2D eigenvalue weighted by atomic mass is 9.87. The zero-order chi connectivity index (χ0) is 15.7. The fourth-order valence-corrected chi connectivity index (χ4v) is 3.34. The quantitative estimate of drug-likeness (QED) is 0.918. The molecule has 1 aliphatic carbocycles. The van der Waals surface area contributed by atoms with Crippen LogP contribution < -0.4 is 10.3 Å². The van der Waals surface area contributed by atoms with E-state index < -0.39 is 0 Å². The molecule has 1 heterocycles. The number of H-pyrrole nitrogens is 1. The second-order valence-electron chi connectivity index (χ2n) is 5.76. The number of halogens is 1. The highest BCUT2D eigenvalue weighted by Crippen LogP contribution is 2.34. The minimum Gasteiger partial charge on any atom is -0.489 e. The predicted molar refractivity (Wildman–Crippen MR) is 89.9 cm³/mol. The van der Waals surface area contributed by atoms with Crippen molar-refractivity contribution in [3.05, 3.63) is 39.8 Å². The summed E-state index contributed by atoms with van der Waals surface area (Å²) in [7, 11) is 0. The molecule has 0 atom stereocenters. The molecular formula is C17H21ClN2O2. The Balaban J connectivity index is 1.73. The number of rotatable bonds is 5. The number of aromatic nitrogens is 1. The molecule has 4 nitrogen and oxygen atoms in total. The highest BCUT2D eigenvalue weighted by Gasteiger charge is 2.34. The van der Waals surface area contributed by atoms with Gasteiger partial charge < -0.3 is 14.6 Å². The van der Waals surface area contributed by atoms with E-state index in [1.54, 1.807) is 12.3 Å². The maximum Gasteiger partial charge on any atom is 0.255 e. The second-order valence-corrected chi connectivity index (χ2v) is 6.17. The molecule has 1 aromatic heterocycles. The van der Waals surface area contributed by atoms with Crippen molar-refractivity contribution in [3.8, 4) is 5.75 Å². The normalized spacial score (nSPS) is 21.1. The van der Waals surface area contributed by atoms with E-state index in [1.807, 2.05) is 12.1 Å². The summed E-state index contributed by atoms with van der Waals surface area (Å²) in [5, 5.41) is 1.94. The van der Waals surface area contributed by atoms with Gasteiger partial charge in [0, 0.05) is 30.5 Å².